The minimum Gasteiger partial charge on any atom is -0.487 e. The number of benzene rings is 2. The van der Waals surface area contributed by atoms with Gasteiger partial charge in [0, 0.05) is 12.1 Å². The molecule has 29 heavy (non-hydrogen) atoms. The molecule has 0 fully saturated rings. The van der Waals surface area contributed by atoms with E-state index in [1.807, 2.05) is 0 Å². The minimum absolute atomic E-state index is 0.000678. The van der Waals surface area contributed by atoms with Crippen molar-refractivity contribution in [3.05, 3.63) is 72.2 Å². The largest absolute Gasteiger partial charge is 0.487 e. The number of nitrogens with zero attached hydrogens (tertiary/aromatic N) is 1. The molecule has 0 spiro atoms. The van der Waals surface area contributed by atoms with Gasteiger partial charge in [-0.1, -0.05) is 0 Å². The Bertz CT molecular complexity index is 930. The van der Waals surface area contributed by atoms with Gasteiger partial charge in [-0.05, 0) is 73.3 Å². The van der Waals surface area contributed by atoms with Crippen molar-refractivity contribution in [2.45, 2.75) is 6.61 Å². The second-order valence-electron chi connectivity index (χ2n) is 5.57. The highest BCUT2D eigenvalue weighted by Gasteiger charge is 2.20. The second kappa shape index (κ2) is 10.2. The molecule has 0 aromatic heterocycles. The highest BCUT2D eigenvalue weighted by molar-refractivity contribution is 9.11. The number of hydrogen-bond donors (Lipinski definition) is 0. The normalized spacial score (nSPS) is 10.1. The minimum atomic E-state index is -0.817. The van der Waals surface area contributed by atoms with Crippen LogP contribution in [-0.4, -0.2) is 31.1 Å². The van der Waals surface area contributed by atoms with E-state index in [2.05, 4.69) is 41.3 Å². The van der Waals surface area contributed by atoms with Crippen molar-refractivity contribution in [3.8, 4) is 5.75 Å². The molecule has 0 saturated carbocycles. The van der Waals surface area contributed by atoms with Gasteiger partial charge in [-0.25, -0.2) is 9.59 Å². The Hall–Kier alpha value is -2.72. The number of halogens is 2. The lowest BCUT2D eigenvalue weighted by molar-refractivity contribution is -0.384. The van der Waals surface area contributed by atoms with Crippen LogP contribution < -0.4 is 4.74 Å². The first-order valence-corrected chi connectivity index (χ1v) is 9.59. The van der Waals surface area contributed by atoms with Gasteiger partial charge in [-0.3, -0.25) is 10.1 Å². The molecule has 10 heteroatoms. The molecule has 8 nitrogen and oxygen atoms in total. The van der Waals surface area contributed by atoms with Crippen LogP contribution in [-0.2, 0) is 25.7 Å². The molecule has 0 radical (unpaired) electrons. The summed E-state index contributed by atoms with van der Waals surface area (Å²) >= 11 is 6.79. The molecule has 0 heterocycles. The molecule has 0 unspecified atom stereocenters. The third kappa shape index (κ3) is 5.88. The average molecular weight is 529 g/mol. The third-order valence-electron chi connectivity index (χ3n) is 3.67. The maximum absolute atomic E-state index is 11.8. The van der Waals surface area contributed by atoms with Crippen LogP contribution in [0.25, 0.3) is 6.08 Å². The first kappa shape index (κ1) is 22.6. The molecule has 152 valence electrons. The second-order valence-corrected chi connectivity index (χ2v) is 7.28. The number of methoxy groups -OCH3 is 2. The molecular weight excluding hydrogens is 514 g/mol. The van der Waals surface area contributed by atoms with Crippen LogP contribution in [0.2, 0.25) is 0 Å². The number of nitro groups is 1. The van der Waals surface area contributed by atoms with Crippen molar-refractivity contribution in [1.29, 1.82) is 0 Å². The van der Waals surface area contributed by atoms with Crippen molar-refractivity contribution in [1.82, 2.24) is 0 Å². The van der Waals surface area contributed by atoms with Crippen LogP contribution >= 0.6 is 31.9 Å². The van der Waals surface area contributed by atoms with Crippen LogP contribution in [0.3, 0.4) is 0 Å². The zero-order valence-corrected chi connectivity index (χ0v) is 18.5. The molecule has 2 rings (SSSR count). The quantitative estimate of drug-likeness (QED) is 0.131. The van der Waals surface area contributed by atoms with E-state index in [1.165, 1.54) is 32.4 Å². The van der Waals surface area contributed by atoms with Gasteiger partial charge < -0.3 is 14.2 Å². The Labute approximate surface area is 182 Å². The van der Waals surface area contributed by atoms with Gasteiger partial charge in [0.2, 0.25) is 0 Å². The number of rotatable bonds is 7. The van der Waals surface area contributed by atoms with E-state index in [0.717, 1.165) is 5.56 Å². The number of nitro benzene ring substituents is 1. The molecule has 0 bridgehead atoms. The number of ether oxygens (including phenoxy) is 3. The molecule has 0 atom stereocenters. The van der Waals surface area contributed by atoms with E-state index in [9.17, 15) is 19.7 Å². The number of non-ortho nitro benzene ring substituents is 1. The number of carbonyl (C=O) groups is 2. The van der Waals surface area contributed by atoms with Crippen LogP contribution in [0.1, 0.15) is 11.1 Å². The predicted octanol–water partition coefficient (Wildman–Crippen LogP) is 4.43. The van der Waals surface area contributed by atoms with E-state index < -0.39 is 16.9 Å². The Kier molecular flexibility index (Phi) is 7.91. The van der Waals surface area contributed by atoms with Crippen LogP contribution in [0, 0.1) is 10.1 Å². The van der Waals surface area contributed by atoms with Crippen molar-refractivity contribution < 1.29 is 28.7 Å². The standard InChI is InChI=1S/C19H15Br2NO7/c1-27-18(23)14(19(24)28-2)7-12-8-15(20)17(16(21)9-12)29-10-11-3-5-13(6-4-11)22(25)26/h3-9H,10H2,1-2H3. The molecular formula is C19H15Br2NO7. The van der Waals surface area contributed by atoms with Crippen LogP contribution in [0.4, 0.5) is 5.69 Å². The average Bonchev–Trinajstić information content (AvgIpc) is 2.70. The lowest BCUT2D eigenvalue weighted by Gasteiger charge is -2.12. The summed E-state index contributed by atoms with van der Waals surface area (Å²) < 4.78 is 16.1. The fraction of sp³-hybridized carbons (Fsp3) is 0.158. The van der Waals surface area contributed by atoms with Crippen LogP contribution in [0.5, 0.6) is 5.75 Å². The number of carbonyl (C=O) groups excluding carboxylic acids is 2. The lowest BCUT2D eigenvalue weighted by atomic mass is 10.1. The summed E-state index contributed by atoms with van der Waals surface area (Å²) in [7, 11) is 2.33. The molecule has 0 aliphatic heterocycles. The monoisotopic (exact) mass is 527 g/mol. The number of esters is 2. The predicted molar refractivity (Wildman–Crippen MR) is 111 cm³/mol. The number of hydrogen-bond acceptors (Lipinski definition) is 7. The van der Waals surface area contributed by atoms with Crippen molar-refractivity contribution >= 4 is 55.6 Å². The van der Waals surface area contributed by atoms with Gasteiger partial charge in [-0.15, -0.1) is 0 Å². The Morgan fingerprint density at radius 2 is 1.55 bits per heavy atom. The first-order chi connectivity index (χ1) is 13.8. The topological polar surface area (TPSA) is 105 Å². The van der Waals surface area contributed by atoms with Gasteiger partial charge in [0.1, 0.15) is 17.9 Å². The Morgan fingerprint density at radius 1 is 1.03 bits per heavy atom. The fourth-order valence-electron chi connectivity index (χ4n) is 2.26. The summed E-state index contributed by atoms with van der Waals surface area (Å²) in [6.07, 6.45) is 1.34. The highest BCUT2D eigenvalue weighted by Crippen LogP contribution is 2.36. The van der Waals surface area contributed by atoms with E-state index in [0.29, 0.717) is 20.3 Å². The molecule has 0 aliphatic rings. The summed E-state index contributed by atoms with van der Waals surface area (Å²) in [5.41, 5.74) is 1.02. The maximum atomic E-state index is 11.8. The fourth-order valence-corrected chi connectivity index (χ4v) is 3.71. The summed E-state index contributed by atoms with van der Waals surface area (Å²) in [6, 6.07) is 9.32. The molecule has 2 aromatic rings. The molecule has 0 N–H and O–H groups in total. The molecule has 2 aromatic carbocycles. The zero-order chi connectivity index (χ0) is 21.6. The molecule has 0 saturated heterocycles. The summed E-state index contributed by atoms with van der Waals surface area (Å²) in [5.74, 6) is -1.15. The Balaban J connectivity index is 2.24. The highest BCUT2D eigenvalue weighted by atomic mass is 79.9. The van der Waals surface area contributed by atoms with Crippen LogP contribution in [0.15, 0.2) is 50.9 Å². The van der Waals surface area contributed by atoms with E-state index in [4.69, 9.17) is 4.74 Å². The van der Waals surface area contributed by atoms with Gasteiger partial charge in [0.25, 0.3) is 5.69 Å². The van der Waals surface area contributed by atoms with Gasteiger partial charge in [-0.2, -0.15) is 0 Å². The lowest BCUT2D eigenvalue weighted by Crippen LogP contribution is -2.15. The van der Waals surface area contributed by atoms with Crippen molar-refractivity contribution in [3.63, 3.8) is 0 Å². The van der Waals surface area contributed by atoms with Gasteiger partial charge in [0.05, 0.1) is 28.1 Å². The zero-order valence-electron chi connectivity index (χ0n) is 15.3. The van der Waals surface area contributed by atoms with Crippen molar-refractivity contribution in [2.75, 3.05) is 14.2 Å². The van der Waals surface area contributed by atoms with E-state index in [-0.39, 0.29) is 17.9 Å². The van der Waals surface area contributed by atoms with E-state index >= 15 is 0 Å². The Morgan fingerprint density at radius 3 is 2.00 bits per heavy atom. The summed E-state index contributed by atoms with van der Waals surface area (Å²) in [4.78, 5) is 33.8. The van der Waals surface area contributed by atoms with E-state index in [1.54, 1.807) is 24.3 Å². The summed E-state index contributed by atoms with van der Waals surface area (Å²) in [5, 5.41) is 10.7. The smallest absolute Gasteiger partial charge is 0.345 e. The van der Waals surface area contributed by atoms with Gasteiger partial charge >= 0.3 is 11.9 Å². The van der Waals surface area contributed by atoms with Crippen molar-refractivity contribution in [2.24, 2.45) is 0 Å². The third-order valence-corrected chi connectivity index (χ3v) is 4.85. The molecule has 0 aliphatic carbocycles. The SMILES string of the molecule is COC(=O)C(=Cc1cc(Br)c(OCc2ccc([N+](=O)[O-])cc2)c(Br)c1)C(=O)OC. The maximum Gasteiger partial charge on any atom is 0.345 e. The first-order valence-electron chi connectivity index (χ1n) is 8.00. The summed E-state index contributed by atoms with van der Waals surface area (Å²) in [6.45, 7) is 0.181. The van der Waals surface area contributed by atoms with Gasteiger partial charge in [0.15, 0.2) is 0 Å². The molecule has 0 amide bonds.